The van der Waals surface area contributed by atoms with Crippen molar-refractivity contribution in [2.24, 2.45) is 0 Å². The zero-order chi connectivity index (χ0) is 10.7. The van der Waals surface area contributed by atoms with Crippen LogP contribution in [0.5, 0.6) is 0 Å². The van der Waals surface area contributed by atoms with Crippen LogP contribution in [0.3, 0.4) is 0 Å². The number of hydrogen-bond acceptors (Lipinski definition) is 3. The molecule has 3 nitrogen and oxygen atoms in total. The summed E-state index contributed by atoms with van der Waals surface area (Å²) in [6.45, 7) is 0.770. The van der Waals surface area contributed by atoms with Crippen LogP contribution in [-0.2, 0) is 6.54 Å². The lowest BCUT2D eigenvalue weighted by atomic mass is 9.93. The van der Waals surface area contributed by atoms with Crippen LogP contribution in [-0.4, -0.2) is 17.3 Å². The van der Waals surface area contributed by atoms with Crippen molar-refractivity contribution in [1.82, 2.24) is 5.32 Å². The first kappa shape index (κ1) is 11.2. The smallest absolute Gasteiger partial charge is 0.169 e. The average molecular weight is 274 g/mol. The fraction of sp³-hybridized carbons (Fsp3) is 0.636. The molecule has 0 aromatic carbocycles. The summed E-state index contributed by atoms with van der Waals surface area (Å²) in [5.41, 5.74) is 0. The second-order valence-electron chi connectivity index (χ2n) is 4.09. The molecular weight excluding hydrogens is 258 g/mol. The van der Waals surface area contributed by atoms with Crippen LogP contribution < -0.4 is 5.32 Å². The van der Waals surface area contributed by atoms with Gasteiger partial charge in [0.2, 0.25) is 0 Å². The summed E-state index contributed by atoms with van der Waals surface area (Å²) in [6, 6.07) is 4.40. The van der Waals surface area contributed by atoms with Crippen molar-refractivity contribution in [3.8, 4) is 0 Å². The Kier molecular flexibility index (Phi) is 3.83. The Morgan fingerprint density at radius 2 is 2.07 bits per heavy atom. The van der Waals surface area contributed by atoms with Gasteiger partial charge in [-0.1, -0.05) is 0 Å². The van der Waals surface area contributed by atoms with Crippen molar-refractivity contribution in [2.75, 3.05) is 0 Å². The molecule has 1 heterocycles. The van der Waals surface area contributed by atoms with Crippen LogP contribution in [0.4, 0.5) is 0 Å². The molecule has 0 unspecified atom stereocenters. The standard InChI is InChI=1S/C11H16BrNO2/c12-11-6-5-10(15-11)7-13-8-1-3-9(14)4-2-8/h5-6,8-9,13-14H,1-4,7H2. The van der Waals surface area contributed by atoms with Crippen LogP contribution >= 0.6 is 15.9 Å². The largest absolute Gasteiger partial charge is 0.453 e. The Morgan fingerprint density at radius 3 is 2.67 bits per heavy atom. The Labute approximate surface area is 98.0 Å². The van der Waals surface area contributed by atoms with Crippen molar-refractivity contribution < 1.29 is 9.52 Å². The Hall–Kier alpha value is -0.320. The van der Waals surface area contributed by atoms with Gasteiger partial charge in [0.05, 0.1) is 12.6 Å². The van der Waals surface area contributed by atoms with Gasteiger partial charge in [-0.15, -0.1) is 0 Å². The fourth-order valence-electron chi connectivity index (χ4n) is 1.97. The molecule has 1 aromatic rings. The Bertz CT molecular complexity index is 305. The molecule has 2 N–H and O–H groups in total. The number of halogens is 1. The van der Waals surface area contributed by atoms with Gasteiger partial charge < -0.3 is 14.8 Å². The number of hydrogen-bond donors (Lipinski definition) is 2. The van der Waals surface area contributed by atoms with Crippen molar-refractivity contribution in [3.63, 3.8) is 0 Å². The van der Waals surface area contributed by atoms with Crippen LogP contribution in [0.25, 0.3) is 0 Å². The van der Waals surface area contributed by atoms with Gasteiger partial charge in [0, 0.05) is 6.04 Å². The minimum Gasteiger partial charge on any atom is -0.453 e. The minimum absolute atomic E-state index is 0.0826. The monoisotopic (exact) mass is 273 g/mol. The maximum absolute atomic E-state index is 9.36. The fourth-order valence-corrected chi connectivity index (χ4v) is 2.31. The predicted molar refractivity (Wildman–Crippen MR) is 61.5 cm³/mol. The van der Waals surface area contributed by atoms with Crippen molar-refractivity contribution >= 4 is 15.9 Å². The van der Waals surface area contributed by atoms with E-state index in [2.05, 4.69) is 21.2 Å². The molecule has 1 saturated carbocycles. The molecule has 0 bridgehead atoms. The first-order valence-corrected chi connectivity index (χ1v) is 6.19. The topological polar surface area (TPSA) is 45.4 Å². The van der Waals surface area contributed by atoms with E-state index >= 15 is 0 Å². The molecule has 1 fully saturated rings. The molecule has 0 aliphatic heterocycles. The average Bonchev–Trinajstić information content (AvgIpc) is 2.64. The van der Waals surface area contributed by atoms with Crippen LogP contribution in [0.1, 0.15) is 31.4 Å². The van der Waals surface area contributed by atoms with E-state index in [1.807, 2.05) is 12.1 Å². The van der Waals surface area contributed by atoms with E-state index in [1.54, 1.807) is 0 Å². The van der Waals surface area contributed by atoms with Gasteiger partial charge in [0.1, 0.15) is 5.76 Å². The van der Waals surface area contributed by atoms with E-state index in [-0.39, 0.29) is 6.10 Å². The Morgan fingerprint density at radius 1 is 1.33 bits per heavy atom. The highest BCUT2D eigenvalue weighted by Gasteiger charge is 2.18. The van der Waals surface area contributed by atoms with Crippen LogP contribution in [0.2, 0.25) is 0 Å². The molecule has 0 saturated heterocycles. The molecule has 1 aliphatic rings. The van der Waals surface area contributed by atoms with Gasteiger partial charge in [-0.05, 0) is 53.7 Å². The molecule has 1 aliphatic carbocycles. The summed E-state index contributed by atoms with van der Waals surface area (Å²) < 4.78 is 6.18. The Balaban J connectivity index is 1.74. The third-order valence-electron chi connectivity index (χ3n) is 2.89. The summed E-state index contributed by atoms with van der Waals surface area (Å²) >= 11 is 3.28. The van der Waals surface area contributed by atoms with Crippen molar-refractivity contribution in [3.05, 3.63) is 22.6 Å². The maximum Gasteiger partial charge on any atom is 0.169 e. The van der Waals surface area contributed by atoms with E-state index in [4.69, 9.17) is 4.42 Å². The maximum atomic E-state index is 9.36. The lowest BCUT2D eigenvalue weighted by Crippen LogP contribution is -2.33. The summed E-state index contributed by atoms with van der Waals surface area (Å²) in [4.78, 5) is 0. The van der Waals surface area contributed by atoms with Gasteiger partial charge in [-0.25, -0.2) is 0 Å². The molecule has 0 radical (unpaired) electrons. The van der Waals surface area contributed by atoms with Gasteiger partial charge in [0.15, 0.2) is 4.67 Å². The molecule has 0 amide bonds. The third-order valence-corrected chi connectivity index (χ3v) is 3.32. The number of aliphatic hydroxyl groups excluding tert-OH is 1. The highest BCUT2D eigenvalue weighted by Crippen LogP contribution is 2.19. The number of rotatable bonds is 3. The number of furan rings is 1. The summed E-state index contributed by atoms with van der Waals surface area (Å²) in [5.74, 6) is 0.952. The van der Waals surface area contributed by atoms with Gasteiger partial charge >= 0.3 is 0 Å². The first-order chi connectivity index (χ1) is 7.24. The van der Waals surface area contributed by atoms with Gasteiger partial charge in [0.25, 0.3) is 0 Å². The number of aliphatic hydroxyl groups is 1. The van der Waals surface area contributed by atoms with Crippen LogP contribution in [0, 0.1) is 0 Å². The second-order valence-corrected chi connectivity index (χ2v) is 4.87. The van der Waals surface area contributed by atoms with Crippen molar-refractivity contribution in [2.45, 2.75) is 44.4 Å². The van der Waals surface area contributed by atoms with E-state index in [0.29, 0.717) is 6.04 Å². The normalized spacial score (nSPS) is 26.8. The summed E-state index contributed by atoms with van der Waals surface area (Å²) in [5, 5.41) is 12.8. The molecule has 4 heteroatoms. The SMILES string of the molecule is OC1CCC(NCc2ccc(Br)o2)CC1. The van der Waals surface area contributed by atoms with E-state index in [1.165, 1.54) is 0 Å². The zero-order valence-electron chi connectivity index (χ0n) is 8.58. The third kappa shape index (κ3) is 3.33. The molecular formula is C11H16BrNO2. The van der Waals surface area contributed by atoms with Gasteiger partial charge in [-0.3, -0.25) is 0 Å². The molecule has 84 valence electrons. The quantitative estimate of drug-likeness (QED) is 0.889. The van der Waals surface area contributed by atoms with E-state index in [0.717, 1.165) is 42.7 Å². The molecule has 1 aromatic heterocycles. The molecule has 2 rings (SSSR count). The summed E-state index contributed by atoms with van der Waals surface area (Å²) in [7, 11) is 0. The minimum atomic E-state index is -0.0826. The molecule has 0 spiro atoms. The number of nitrogens with one attached hydrogen (secondary N) is 1. The predicted octanol–water partition coefficient (Wildman–Crippen LogP) is 2.44. The highest BCUT2D eigenvalue weighted by molar-refractivity contribution is 9.10. The molecule has 15 heavy (non-hydrogen) atoms. The lowest BCUT2D eigenvalue weighted by molar-refractivity contribution is 0.116. The molecule has 0 atom stereocenters. The second kappa shape index (κ2) is 5.14. The van der Waals surface area contributed by atoms with Crippen LogP contribution in [0.15, 0.2) is 21.2 Å². The summed E-state index contributed by atoms with van der Waals surface area (Å²) in [6.07, 6.45) is 3.87. The lowest BCUT2D eigenvalue weighted by Gasteiger charge is -2.25. The van der Waals surface area contributed by atoms with E-state index < -0.39 is 0 Å². The van der Waals surface area contributed by atoms with E-state index in [9.17, 15) is 5.11 Å². The highest BCUT2D eigenvalue weighted by atomic mass is 79.9. The zero-order valence-corrected chi connectivity index (χ0v) is 10.2. The first-order valence-electron chi connectivity index (χ1n) is 5.39. The van der Waals surface area contributed by atoms with Gasteiger partial charge in [-0.2, -0.15) is 0 Å². The van der Waals surface area contributed by atoms with Crippen molar-refractivity contribution in [1.29, 1.82) is 0 Å².